The van der Waals surface area contributed by atoms with Crippen LogP contribution >= 0.6 is 0 Å². The number of benzene rings is 2. The highest BCUT2D eigenvalue weighted by atomic mass is 16.5. The number of fused-ring (bicyclic) bond motifs is 1. The van der Waals surface area contributed by atoms with Gasteiger partial charge in [0.1, 0.15) is 17.4 Å². The van der Waals surface area contributed by atoms with Crippen LogP contribution in [0.4, 0.5) is 5.88 Å². The van der Waals surface area contributed by atoms with Gasteiger partial charge in [-0.1, -0.05) is 30.3 Å². The molecule has 1 heterocycles. The molecule has 0 atom stereocenters. The average molecular weight is 332 g/mol. The number of rotatable bonds is 5. The molecule has 1 N–H and O–H groups in total. The van der Waals surface area contributed by atoms with Crippen molar-refractivity contribution in [3.8, 4) is 11.8 Å². The zero-order chi connectivity index (χ0) is 17.6. The van der Waals surface area contributed by atoms with Gasteiger partial charge in [0.05, 0.1) is 12.9 Å². The first kappa shape index (κ1) is 16.3. The molecule has 0 bridgehead atoms. The fourth-order valence-corrected chi connectivity index (χ4v) is 2.53. The van der Waals surface area contributed by atoms with Gasteiger partial charge < -0.3 is 9.15 Å². The summed E-state index contributed by atoms with van der Waals surface area (Å²) in [6, 6.07) is 16.8. The molecule has 5 heteroatoms. The van der Waals surface area contributed by atoms with Crippen LogP contribution in [0.1, 0.15) is 12.5 Å². The SMILES string of the molecule is CCOc1ccc2ccccc2c1/C=C(\C#N)C(=O)Nc1ccco1. The Bertz CT molecular complexity index is 966. The van der Waals surface area contributed by atoms with Crippen molar-refractivity contribution in [3.63, 3.8) is 0 Å². The third kappa shape index (κ3) is 3.54. The van der Waals surface area contributed by atoms with Crippen LogP contribution in [0.15, 0.2) is 64.8 Å². The number of nitrogens with zero attached hydrogens (tertiary/aromatic N) is 1. The molecule has 124 valence electrons. The molecule has 0 radical (unpaired) electrons. The number of amides is 1. The molecule has 0 spiro atoms. The molecule has 5 nitrogen and oxygen atoms in total. The molecule has 1 amide bonds. The van der Waals surface area contributed by atoms with E-state index in [0.29, 0.717) is 17.9 Å². The van der Waals surface area contributed by atoms with Crippen LogP contribution in [0, 0.1) is 11.3 Å². The molecule has 1 aromatic heterocycles. The number of hydrogen-bond acceptors (Lipinski definition) is 4. The van der Waals surface area contributed by atoms with Crippen LogP contribution < -0.4 is 10.1 Å². The highest BCUT2D eigenvalue weighted by molar-refractivity contribution is 6.10. The minimum Gasteiger partial charge on any atom is -0.493 e. The van der Waals surface area contributed by atoms with E-state index in [1.807, 2.05) is 49.4 Å². The molecule has 0 fully saturated rings. The normalized spacial score (nSPS) is 11.1. The van der Waals surface area contributed by atoms with E-state index in [1.54, 1.807) is 18.2 Å². The fraction of sp³-hybridized carbons (Fsp3) is 0.100. The van der Waals surface area contributed by atoms with Gasteiger partial charge in [0.2, 0.25) is 0 Å². The van der Waals surface area contributed by atoms with E-state index >= 15 is 0 Å². The Morgan fingerprint density at radius 3 is 2.80 bits per heavy atom. The lowest BCUT2D eigenvalue weighted by molar-refractivity contribution is -0.112. The van der Waals surface area contributed by atoms with Crippen LogP contribution in [-0.2, 0) is 4.79 Å². The molecule has 0 aliphatic heterocycles. The Morgan fingerprint density at radius 1 is 1.24 bits per heavy atom. The van der Waals surface area contributed by atoms with Crippen molar-refractivity contribution >= 4 is 28.6 Å². The maximum absolute atomic E-state index is 12.3. The molecular weight excluding hydrogens is 316 g/mol. The number of carbonyl (C=O) groups excluding carboxylic acids is 1. The Morgan fingerprint density at radius 2 is 2.08 bits per heavy atom. The van der Waals surface area contributed by atoms with Crippen LogP contribution in [0.2, 0.25) is 0 Å². The summed E-state index contributed by atoms with van der Waals surface area (Å²) >= 11 is 0. The molecule has 0 saturated heterocycles. The predicted octanol–water partition coefficient (Wildman–Crippen LogP) is 4.38. The summed E-state index contributed by atoms with van der Waals surface area (Å²) in [6.07, 6.45) is 2.99. The number of ether oxygens (including phenoxy) is 1. The number of hydrogen-bond donors (Lipinski definition) is 1. The second-order valence-corrected chi connectivity index (χ2v) is 5.23. The lowest BCUT2D eigenvalue weighted by atomic mass is 10.0. The molecule has 0 aliphatic carbocycles. The van der Waals surface area contributed by atoms with Crippen molar-refractivity contribution < 1.29 is 13.9 Å². The van der Waals surface area contributed by atoms with Gasteiger partial charge in [-0.3, -0.25) is 10.1 Å². The zero-order valence-electron chi connectivity index (χ0n) is 13.7. The molecule has 3 rings (SSSR count). The highest BCUT2D eigenvalue weighted by Crippen LogP contribution is 2.30. The first-order chi connectivity index (χ1) is 12.2. The van der Waals surface area contributed by atoms with Crippen LogP contribution in [0.25, 0.3) is 16.8 Å². The third-order valence-corrected chi connectivity index (χ3v) is 3.64. The van der Waals surface area contributed by atoms with Gasteiger partial charge in [0.15, 0.2) is 5.88 Å². The van der Waals surface area contributed by atoms with Crippen LogP contribution in [0.3, 0.4) is 0 Å². The largest absolute Gasteiger partial charge is 0.493 e. The highest BCUT2D eigenvalue weighted by Gasteiger charge is 2.14. The first-order valence-electron chi connectivity index (χ1n) is 7.84. The molecular formula is C20H16N2O3. The van der Waals surface area contributed by atoms with Crippen molar-refractivity contribution in [1.29, 1.82) is 5.26 Å². The molecule has 0 saturated carbocycles. The summed E-state index contributed by atoms with van der Waals surface area (Å²) < 4.78 is 10.8. The lowest BCUT2D eigenvalue weighted by Gasteiger charge is -2.11. The lowest BCUT2D eigenvalue weighted by Crippen LogP contribution is -2.13. The molecule has 0 aliphatic rings. The third-order valence-electron chi connectivity index (χ3n) is 3.64. The van der Waals surface area contributed by atoms with E-state index in [-0.39, 0.29) is 11.5 Å². The molecule has 25 heavy (non-hydrogen) atoms. The van der Waals surface area contributed by atoms with E-state index in [4.69, 9.17) is 9.15 Å². The molecule has 2 aromatic carbocycles. The summed E-state index contributed by atoms with van der Waals surface area (Å²) in [5, 5.41) is 13.9. The smallest absolute Gasteiger partial charge is 0.268 e. The van der Waals surface area contributed by atoms with Gasteiger partial charge in [-0.2, -0.15) is 5.26 Å². The number of anilines is 1. The van der Waals surface area contributed by atoms with Crippen molar-refractivity contribution in [3.05, 3.63) is 65.9 Å². The van der Waals surface area contributed by atoms with E-state index in [1.165, 1.54) is 6.26 Å². The van der Waals surface area contributed by atoms with E-state index in [2.05, 4.69) is 5.32 Å². The van der Waals surface area contributed by atoms with Gasteiger partial charge in [0.25, 0.3) is 5.91 Å². The second kappa shape index (κ2) is 7.37. The maximum atomic E-state index is 12.3. The Kier molecular flexibility index (Phi) is 4.82. The van der Waals surface area contributed by atoms with E-state index in [9.17, 15) is 10.1 Å². The van der Waals surface area contributed by atoms with Gasteiger partial charge in [-0.15, -0.1) is 0 Å². The second-order valence-electron chi connectivity index (χ2n) is 5.23. The summed E-state index contributed by atoms with van der Waals surface area (Å²) in [7, 11) is 0. The first-order valence-corrected chi connectivity index (χ1v) is 7.84. The van der Waals surface area contributed by atoms with Crippen LogP contribution in [0.5, 0.6) is 5.75 Å². The Balaban J connectivity index is 2.06. The molecule has 0 unspecified atom stereocenters. The number of nitrogens with one attached hydrogen (secondary N) is 1. The van der Waals surface area contributed by atoms with Crippen LogP contribution in [-0.4, -0.2) is 12.5 Å². The summed E-state index contributed by atoms with van der Waals surface area (Å²) in [5.41, 5.74) is 0.666. The fourth-order valence-electron chi connectivity index (χ4n) is 2.53. The zero-order valence-corrected chi connectivity index (χ0v) is 13.7. The van der Waals surface area contributed by atoms with Gasteiger partial charge in [-0.05, 0) is 35.9 Å². The predicted molar refractivity (Wildman–Crippen MR) is 96.0 cm³/mol. The standard InChI is InChI=1S/C20H16N2O3/c1-2-24-18-10-9-14-6-3-4-7-16(14)17(18)12-15(13-21)20(23)22-19-8-5-11-25-19/h3-12H,2H2,1H3,(H,22,23)/b15-12+. The van der Waals surface area contributed by atoms with E-state index < -0.39 is 5.91 Å². The monoisotopic (exact) mass is 332 g/mol. The minimum atomic E-state index is -0.534. The quantitative estimate of drug-likeness (QED) is 0.556. The summed E-state index contributed by atoms with van der Waals surface area (Å²) in [5.74, 6) is 0.377. The maximum Gasteiger partial charge on any atom is 0.268 e. The van der Waals surface area contributed by atoms with Gasteiger partial charge in [-0.25, -0.2) is 0 Å². The van der Waals surface area contributed by atoms with Gasteiger partial charge >= 0.3 is 0 Å². The summed E-state index contributed by atoms with van der Waals surface area (Å²) in [4.78, 5) is 12.3. The Hall–Kier alpha value is -3.52. The number of furan rings is 1. The number of nitriles is 1. The van der Waals surface area contributed by atoms with E-state index in [0.717, 1.165) is 10.8 Å². The van der Waals surface area contributed by atoms with Crippen molar-refractivity contribution in [1.82, 2.24) is 0 Å². The van der Waals surface area contributed by atoms with Crippen molar-refractivity contribution in [2.45, 2.75) is 6.92 Å². The topological polar surface area (TPSA) is 75.3 Å². The van der Waals surface area contributed by atoms with Gasteiger partial charge in [0, 0.05) is 11.6 Å². The summed E-state index contributed by atoms with van der Waals surface area (Å²) in [6.45, 7) is 2.37. The molecule has 3 aromatic rings. The minimum absolute atomic E-state index is 0.0336. The average Bonchev–Trinajstić information content (AvgIpc) is 3.13. The van der Waals surface area contributed by atoms with Crippen molar-refractivity contribution in [2.24, 2.45) is 0 Å². The Labute approximate surface area is 145 Å². The van der Waals surface area contributed by atoms with Crippen molar-refractivity contribution in [2.75, 3.05) is 11.9 Å². The number of carbonyl (C=O) groups is 1.